The van der Waals surface area contributed by atoms with E-state index in [2.05, 4.69) is 32.7 Å². The second-order valence-corrected chi connectivity index (χ2v) is 5.18. The maximum atomic E-state index is 5.75. The van der Waals surface area contributed by atoms with Crippen molar-refractivity contribution in [3.05, 3.63) is 0 Å². The van der Waals surface area contributed by atoms with Crippen molar-refractivity contribution in [1.82, 2.24) is 0 Å². The van der Waals surface area contributed by atoms with Crippen molar-refractivity contribution in [1.29, 1.82) is 0 Å². The smallest absolute Gasteiger partial charge is 0.104 e. The van der Waals surface area contributed by atoms with Gasteiger partial charge in [0.1, 0.15) is 5.84 Å². The van der Waals surface area contributed by atoms with Gasteiger partial charge in [0.15, 0.2) is 0 Å². The summed E-state index contributed by atoms with van der Waals surface area (Å²) >= 11 is 1.88. The molecule has 0 aromatic carbocycles. The first kappa shape index (κ1) is 12.8. The molecule has 0 rings (SSSR count). The lowest BCUT2D eigenvalue weighted by atomic mass is 10.2. The zero-order valence-corrected chi connectivity index (χ0v) is 10.0. The van der Waals surface area contributed by atoms with Gasteiger partial charge in [-0.2, -0.15) is 11.8 Å². The monoisotopic (exact) mass is 202 g/mol. The minimum Gasteiger partial charge on any atom is -0.387 e. The lowest BCUT2D eigenvalue weighted by Gasteiger charge is -2.07. The molecule has 0 aliphatic heterocycles. The van der Waals surface area contributed by atoms with Crippen LogP contribution in [0.15, 0.2) is 4.99 Å². The molecule has 0 saturated heterocycles. The molecule has 0 spiro atoms. The molecule has 0 aliphatic rings. The van der Waals surface area contributed by atoms with Gasteiger partial charge in [-0.15, -0.1) is 0 Å². The van der Waals surface area contributed by atoms with Crippen LogP contribution in [0, 0.1) is 5.92 Å². The van der Waals surface area contributed by atoms with Crippen LogP contribution >= 0.6 is 11.8 Å². The van der Waals surface area contributed by atoms with Crippen molar-refractivity contribution < 1.29 is 0 Å². The second-order valence-electron chi connectivity index (χ2n) is 3.76. The predicted octanol–water partition coefficient (Wildman–Crippen LogP) is 2.53. The van der Waals surface area contributed by atoms with E-state index >= 15 is 0 Å². The molecule has 78 valence electrons. The first-order chi connectivity index (χ1) is 6.06. The number of nitrogens with two attached hydrogens (primary N) is 1. The summed E-state index contributed by atoms with van der Waals surface area (Å²) < 4.78 is 0. The number of hydrogen-bond acceptors (Lipinski definition) is 2. The Kier molecular flexibility index (Phi) is 7.14. The third-order valence-corrected chi connectivity index (χ3v) is 3.11. The maximum Gasteiger partial charge on any atom is 0.104 e. The number of rotatable bonds is 6. The van der Waals surface area contributed by atoms with Crippen LogP contribution in [-0.2, 0) is 0 Å². The van der Waals surface area contributed by atoms with Crippen molar-refractivity contribution in [2.45, 2.75) is 39.4 Å². The van der Waals surface area contributed by atoms with Crippen LogP contribution < -0.4 is 5.73 Å². The zero-order valence-electron chi connectivity index (χ0n) is 9.21. The highest BCUT2D eigenvalue weighted by Crippen LogP contribution is 2.12. The fourth-order valence-corrected chi connectivity index (χ4v) is 1.47. The molecule has 2 nitrogen and oxygen atoms in total. The van der Waals surface area contributed by atoms with Gasteiger partial charge in [0.2, 0.25) is 0 Å². The van der Waals surface area contributed by atoms with Crippen molar-refractivity contribution >= 4 is 17.6 Å². The van der Waals surface area contributed by atoms with E-state index < -0.39 is 0 Å². The highest BCUT2D eigenvalue weighted by molar-refractivity contribution is 8.00. The van der Waals surface area contributed by atoms with Gasteiger partial charge in [-0.3, -0.25) is 4.99 Å². The first-order valence-corrected chi connectivity index (χ1v) is 6.01. The number of hydrogen-bond donors (Lipinski definition) is 1. The van der Waals surface area contributed by atoms with Gasteiger partial charge in [0.25, 0.3) is 0 Å². The van der Waals surface area contributed by atoms with Gasteiger partial charge in [-0.1, -0.05) is 27.7 Å². The van der Waals surface area contributed by atoms with Crippen LogP contribution in [0.2, 0.25) is 0 Å². The standard InChI is InChI=1S/C10H22N2S/c1-5-9(4)13-7-10(11)12-6-8(2)3/h8-9H,5-7H2,1-4H3,(H2,11,12). The van der Waals surface area contributed by atoms with Crippen LogP contribution in [0.1, 0.15) is 34.1 Å². The van der Waals surface area contributed by atoms with E-state index in [1.165, 1.54) is 6.42 Å². The fraction of sp³-hybridized carbons (Fsp3) is 0.900. The van der Waals surface area contributed by atoms with Gasteiger partial charge in [0.05, 0.1) is 5.75 Å². The number of thioether (sulfide) groups is 1. The Bertz CT molecular complexity index is 155. The summed E-state index contributed by atoms with van der Waals surface area (Å²) in [7, 11) is 0. The van der Waals surface area contributed by atoms with Gasteiger partial charge in [0, 0.05) is 11.8 Å². The summed E-state index contributed by atoms with van der Waals surface area (Å²) in [6.45, 7) is 9.57. The third-order valence-electron chi connectivity index (χ3n) is 1.75. The molecule has 0 aliphatic carbocycles. The van der Waals surface area contributed by atoms with Gasteiger partial charge in [-0.25, -0.2) is 0 Å². The molecule has 3 heteroatoms. The quantitative estimate of drug-likeness (QED) is 0.531. The Balaban J connectivity index is 3.60. The normalized spacial score (nSPS) is 15.0. The molecule has 0 heterocycles. The Morgan fingerprint density at radius 2 is 2.00 bits per heavy atom. The molecule has 2 N–H and O–H groups in total. The molecule has 13 heavy (non-hydrogen) atoms. The van der Waals surface area contributed by atoms with E-state index in [9.17, 15) is 0 Å². The SMILES string of the molecule is CCC(C)SCC(N)=NCC(C)C. The van der Waals surface area contributed by atoms with Crippen LogP contribution in [0.5, 0.6) is 0 Å². The summed E-state index contributed by atoms with van der Waals surface area (Å²) in [6.07, 6.45) is 1.20. The molecule has 0 bridgehead atoms. The largest absolute Gasteiger partial charge is 0.387 e. The average Bonchev–Trinajstić information content (AvgIpc) is 2.10. The van der Waals surface area contributed by atoms with E-state index in [-0.39, 0.29) is 0 Å². The van der Waals surface area contributed by atoms with Gasteiger partial charge < -0.3 is 5.73 Å². The Hall–Kier alpha value is -0.180. The molecule has 0 radical (unpaired) electrons. The number of nitrogens with zero attached hydrogens (tertiary/aromatic N) is 1. The van der Waals surface area contributed by atoms with Crippen LogP contribution in [0.25, 0.3) is 0 Å². The van der Waals surface area contributed by atoms with E-state index in [1.807, 2.05) is 11.8 Å². The summed E-state index contributed by atoms with van der Waals surface area (Å²) in [6, 6.07) is 0. The van der Waals surface area contributed by atoms with Crippen molar-refractivity contribution in [3.63, 3.8) is 0 Å². The lowest BCUT2D eigenvalue weighted by Crippen LogP contribution is -2.17. The lowest BCUT2D eigenvalue weighted by molar-refractivity contribution is 0.665. The number of amidine groups is 1. The molecule has 0 amide bonds. The van der Waals surface area contributed by atoms with E-state index in [4.69, 9.17) is 5.73 Å². The van der Waals surface area contributed by atoms with Crippen LogP contribution in [0.4, 0.5) is 0 Å². The van der Waals surface area contributed by atoms with Crippen molar-refractivity contribution in [2.75, 3.05) is 12.3 Å². The van der Waals surface area contributed by atoms with E-state index in [1.54, 1.807) is 0 Å². The van der Waals surface area contributed by atoms with Crippen molar-refractivity contribution in [3.8, 4) is 0 Å². The molecule has 0 fully saturated rings. The van der Waals surface area contributed by atoms with Gasteiger partial charge in [-0.05, 0) is 12.3 Å². The maximum absolute atomic E-state index is 5.75. The first-order valence-electron chi connectivity index (χ1n) is 4.96. The fourth-order valence-electron chi connectivity index (χ4n) is 0.691. The van der Waals surface area contributed by atoms with E-state index in [0.29, 0.717) is 11.2 Å². The minimum absolute atomic E-state index is 0.604. The summed E-state index contributed by atoms with van der Waals surface area (Å²) in [5.74, 6) is 2.27. The zero-order chi connectivity index (χ0) is 10.3. The number of aliphatic imine (C=N–C) groups is 1. The summed E-state index contributed by atoms with van der Waals surface area (Å²) in [5.41, 5.74) is 5.75. The summed E-state index contributed by atoms with van der Waals surface area (Å²) in [5, 5.41) is 0.688. The molecule has 1 atom stereocenters. The Labute approximate surface area is 86.4 Å². The molecule has 0 saturated carbocycles. The Morgan fingerprint density at radius 3 is 2.46 bits per heavy atom. The Morgan fingerprint density at radius 1 is 1.38 bits per heavy atom. The van der Waals surface area contributed by atoms with Crippen LogP contribution in [-0.4, -0.2) is 23.4 Å². The predicted molar refractivity (Wildman–Crippen MR) is 63.5 cm³/mol. The molecule has 0 aromatic rings. The molecule has 0 aromatic heterocycles. The molecular formula is C10H22N2S. The molecular weight excluding hydrogens is 180 g/mol. The average molecular weight is 202 g/mol. The highest BCUT2D eigenvalue weighted by atomic mass is 32.2. The second kappa shape index (κ2) is 7.25. The van der Waals surface area contributed by atoms with E-state index in [0.717, 1.165) is 18.1 Å². The summed E-state index contributed by atoms with van der Waals surface area (Å²) in [4.78, 5) is 4.30. The highest BCUT2D eigenvalue weighted by Gasteiger charge is 2.00. The van der Waals surface area contributed by atoms with Gasteiger partial charge >= 0.3 is 0 Å². The minimum atomic E-state index is 0.604. The topological polar surface area (TPSA) is 38.4 Å². The van der Waals surface area contributed by atoms with Crippen molar-refractivity contribution in [2.24, 2.45) is 16.6 Å². The van der Waals surface area contributed by atoms with Crippen LogP contribution in [0.3, 0.4) is 0 Å². The third kappa shape index (κ3) is 8.16. The molecule has 1 unspecified atom stereocenters.